The third-order valence-corrected chi connectivity index (χ3v) is 5.01. The second-order valence-electron chi connectivity index (χ2n) is 6.21. The molecule has 146 valence electrons. The molecule has 7 nitrogen and oxygen atoms in total. The molecule has 0 heterocycles. The number of rotatable bonds is 9. The Morgan fingerprint density at radius 3 is 2.59 bits per heavy atom. The van der Waals surface area contributed by atoms with Crippen LogP contribution < -0.4 is 20.5 Å². The summed E-state index contributed by atoms with van der Waals surface area (Å²) in [5, 5.41) is 2.73. The SMILES string of the molecule is CC(C)Oc1ccccc1CC(=O)Nc1cccc(S(=O)(=O)NCCN)c1. The number of hydrogen-bond donors (Lipinski definition) is 3. The lowest BCUT2D eigenvalue weighted by Gasteiger charge is -2.14. The quantitative estimate of drug-likeness (QED) is 0.605. The van der Waals surface area contributed by atoms with Crippen LogP contribution in [0.5, 0.6) is 5.75 Å². The molecular weight excluding hydrogens is 366 g/mol. The minimum atomic E-state index is -3.66. The Morgan fingerprint density at radius 2 is 1.89 bits per heavy atom. The molecule has 0 unspecified atom stereocenters. The molecule has 0 radical (unpaired) electrons. The highest BCUT2D eigenvalue weighted by atomic mass is 32.2. The van der Waals surface area contributed by atoms with Gasteiger partial charge < -0.3 is 15.8 Å². The van der Waals surface area contributed by atoms with Crippen LogP contribution in [-0.4, -0.2) is 33.5 Å². The monoisotopic (exact) mass is 391 g/mol. The summed E-state index contributed by atoms with van der Waals surface area (Å²) in [5.41, 5.74) is 6.49. The second kappa shape index (κ2) is 9.50. The minimum absolute atomic E-state index is 0.00267. The largest absolute Gasteiger partial charge is 0.491 e. The van der Waals surface area contributed by atoms with Crippen molar-refractivity contribution in [2.75, 3.05) is 18.4 Å². The fourth-order valence-corrected chi connectivity index (χ4v) is 3.51. The van der Waals surface area contributed by atoms with Crippen molar-refractivity contribution in [3.05, 3.63) is 54.1 Å². The highest BCUT2D eigenvalue weighted by Crippen LogP contribution is 2.21. The van der Waals surface area contributed by atoms with Crippen molar-refractivity contribution in [3.63, 3.8) is 0 Å². The van der Waals surface area contributed by atoms with E-state index in [9.17, 15) is 13.2 Å². The van der Waals surface area contributed by atoms with Crippen LogP contribution in [0.25, 0.3) is 0 Å². The molecule has 4 N–H and O–H groups in total. The number of benzene rings is 2. The second-order valence-corrected chi connectivity index (χ2v) is 7.98. The minimum Gasteiger partial charge on any atom is -0.491 e. The van der Waals surface area contributed by atoms with Gasteiger partial charge >= 0.3 is 0 Å². The molecular formula is C19H25N3O4S. The van der Waals surface area contributed by atoms with E-state index in [1.807, 2.05) is 38.1 Å². The van der Waals surface area contributed by atoms with Crippen LogP contribution in [0.15, 0.2) is 53.4 Å². The number of sulfonamides is 1. The van der Waals surface area contributed by atoms with Crippen LogP contribution in [-0.2, 0) is 21.2 Å². The Bertz CT molecular complexity index is 882. The number of ether oxygens (including phenoxy) is 1. The van der Waals surface area contributed by atoms with Gasteiger partial charge in [-0.15, -0.1) is 0 Å². The van der Waals surface area contributed by atoms with Crippen molar-refractivity contribution in [3.8, 4) is 5.75 Å². The average Bonchev–Trinajstić information content (AvgIpc) is 2.61. The molecule has 2 aromatic rings. The van der Waals surface area contributed by atoms with E-state index < -0.39 is 10.0 Å². The summed E-state index contributed by atoms with van der Waals surface area (Å²) in [6.07, 6.45) is 0.114. The van der Waals surface area contributed by atoms with Crippen LogP contribution in [0.2, 0.25) is 0 Å². The topological polar surface area (TPSA) is 111 Å². The van der Waals surface area contributed by atoms with E-state index in [4.69, 9.17) is 10.5 Å². The van der Waals surface area contributed by atoms with Gasteiger partial charge in [0.2, 0.25) is 15.9 Å². The van der Waals surface area contributed by atoms with Crippen LogP contribution in [0.4, 0.5) is 5.69 Å². The summed E-state index contributed by atoms with van der Waals surface area (Å²) in [6.45, 7) is 4.18. The van der Waals surface area contributed by atoms with Gasteiger partial charge in [-0.25, -0.2) is 13.1 Å². The predicted octanol–water partition coefficient (Wildman–Crippen LogP) is 1.89. The highest BCUT2D eigenvalue weighted by Gasteiger charge is 2.15. The molecule has 2 rings (SSSR count). The fourth-order valence-electron chi connectivity index (χ4n) is 2.41. The highest BCUT2D eigenvalue weighted by molar-refractivity contribution is 7.89. The standard InChI is InChI=1S/C19H25N3O4S/c1-14(2)26-18-9-4-3-6-15(18)12-19(23)22-16-7-5-8-17(13-16)27(24,25)21-11-10-20/h3-9,13-14,21H,10-12,20H2,1-2H3,(H,22,23). The number of carbonyl (C=O) groups excluding carboxylic acids is 1. The van der Waals surface area contributed by atoms with Crippen molar-refractivity contribution in [1.29, 1.82) is 0 Å². The van der Waals surface area contributed by atoms with Gasteiger partial charge in [0.05, 0.1) is 17.4 Å². The normalized spacial score (nSPS) is 11.4. The van der Waals surface area contributed by atoms with Gasteiger partial charge in [0, 0.05) is 24.3 Å². The molecule has 0 bridgehead atoms. The first-order valence-electron chi connectivity index (χ1n) is 8.66. The smallest absolute Gasteiger partial charge is 0.240 e. The Morgan fingerprint density at radius 1 is 1.15 bits per heavy atom. The molecule has 2 aromatic carbocycles. The Hall–Kier alpha value is -2.42. The lowest BCUT2D eigenvalue weighted by Crippen LogP contribution is -2.29. The molecule has 0 saturated carbocycles. The average molecular weight is 391 g/mol. The van der Waals surface area contributed by atoms with Crippen LogP contribution in [0.3, 0.4) is 0 Å². The first-order chi connectivity index (χ1) is 12.8. The molecule has 0 saturated heterocycles. The molecule has 1 amide bonds. The number of carbonyl (C=O) groups is 1. The lowest BCUT2D eigenvalue weighted by molar-refractivity contribution is -0.115. The van der Waals surface area contributed by atoms with Gasteiger partial charge in [-0.1, -0.05) is 24.3 Å². The first kappa shape index (κ1) is 20.9. The zero-order valence-corrected chi connectivity index (χ0v) is 16.3. The maximum Gasteiger partial charge on any atom is 0.240 e. The van der Waals surface area contributed by atoms with Crippen LogP contribution >= 0.6 is 0 Å². The van der Waals surface area contributed by atoms with E-state index in [1.165, 1.54) is 12.1 Å². The predicted molar refractivity (Wildman–Crippen MR) is 105 cm³/mol. The van der Waals surface area contributed by atoms with Crippen LogP contribution in [0, 0.1) is 0 Å². The molecule has 0 spiro atoms. The van der Waals surface area contributed by atoms with Crippen molar-refractivity contribution in [2.45, 2.75) is 31.3 Å². The van der Waals surface area contributed by atoms with Gasteiger partial charge in [0.1, 0.15) is 5.75 Å². The Balaban J connectivity index is 2.10. The number of nitrogens with one attached hydrogen (secondary N) is 2. The third kappa shape index (κ3) is 6.35. The molecule has 0 aliphatic heterocycles. The van der Waals surface area contributed by atoms with E-state index in [1.54, 1.807) is 12.1 Å². The molecule has 27 heavy (non-hydrogen) atoms. The molecule has 0 aromatic heterocycles. The first-order valence-corrected chi connectivity index (χ1v) is 10.1. The molecule has 0 atom stereocenters. The summed E-state index contributed by atoms with van der Waals surface area (Å²) >= 11 is 0. The summed E-state index contributed by atoms with van der Waals surface area (Å²) in [4.78, 5) is 12.5. The third-order valence-electron chi connectivity index (χ3n) is 3.55. The Labute approximate surface area is 160 Å². The molecule has 0 aliphatic rings. The van der Waals surface area contributed by atoms with Crippen molar-refractivity contribution >= 4 is 21.6 Å². The van der Waals surface area contributed by atoms with Gasteiger partial charge in [-0.2, -0.15) is 0 Å². The zero-order valence-electron chi connectivity index (χ0n) is 15.4. The van der Waals surface area contributed by atoms with E-state index >= 15 is 0 Å². The van der Waals surface area contributed by atoms with Crippen molar-refractivity contribution in [1.82, 2.24) is 4.72 Å². The van der Waals surface area contributed by atoms with Gasteiger partial charge in [-0.3, -0.25) is 4.79 Å². The van der Waals surface area contributed by atoms with Gasteiger partial charge in [-0.05, 0) is 38.1 Å². The lowest BCUT2D eigenvalue weighted by atomic mass is 10.1. The number of anilines is 1. The maximum atomic E-state index is 12.4. The fraction of sp³-hybridized carbons (Fsp3) is 0.316. The van der Waals surface area contributed by atoms with Gasteiger partial charge in [0.25, 0.3) is 0 Å². The molecule has 0 fully saturated rings. The van der Waals surface area contributed by atoms with Crippen molar-refractivity contribution < 1.29 is 17.9 Å². The number of amides is 1. The van der Waals surface area contributed by atoms with Gasteiger partial charge in [0.15, 0.2) is 0 Å². The van der Waals surface area contributed by atoms with E-state index in [0.717, 1.165) is 5.56 Å². The maximum absolute atomic E-state index is 12.4. The van der Waals surface area contributed by atoms with Crippen LogP contribution in [0.1, 0.15) is 19.4 Å². The summed E-state index contributed by atoms with van der Waals surface area (Å²) in [6, 6.07) is 13.4. The summed E-state index contributed by atoms with van der Waals surface area (Å²) in [5.74, 6) is 0.393. The number of nitrogens with two attached hydrogens (primary N) is 1. The van der Waals surface area contributed by atoms with E-state index in [2.05, 4.69) is 10.0 Å². The summed E-state index contributed by atoms with van der Waals surface area (Å²) in [7, 11) is -3.66. The molecule has 0 aliphatic carbocycles. The molecule has 8 heteroatoms. The van der Waals surface area contributed by atoms with Crippen molar-refractivity contribution in [2.24, 2.45) is 5.73 Å². The zero-order chi connectivity index (χ0) is 19.9. The number of hydrogen-bond acceptors (Lipinski definition) is 5. The Kier molecular flexibility index (Phi) is 7.35. The number of para-hydroxylation sites is 1. The summed E-state index contributed by atoms with van der Waals surface area (Å²) < 4.78 is 32.5. The van der Waals surface area contributed by atoms with E-state index in [-0.39, 0.29) is 36.4 Å². The van der Waals surface area contributed by atoms with E-state index in [0.29, 0.717) is 11.4 Å².